The summed E-state index contributed by atoms with van der Waals surface area (Å²) in [5.74, 6) is 3.42. The minimum absolute atomic E-state index is 0.428. The van der Waals surface area contributed by atoms with Crippen LogP contribution in [0.3, 0.4) is 0 Å². The van der Waals surface area contributed by atoms with E-state index in [4.69, 9.17) is 33.2 Å². The Labute approximate surface area is 94.1 Å². The minimum atomic E-state index is -0.498. The number of rotatable bonds is 3. The molecular weight excluding hydrogens is 214 g/mol. The SMILES string of the molecule is C#CC(N)c1cc(Cl)c(OC)c(OC)c1. The number of methoxy groups -OCH3 is 2. The Morgan fingerprint density at radius 2 is 2.07 bits per heavy atom. The molecule has 0 radical (unpaired) electrons. The first-order valence-corrected chi connectivity index (χ1v) is 4.65. The molecule has 0 aliphatic rings. The first kappa shape index (κ1) is 11.7. The van der Waals surface area contributed by atoms with Crippen molar-refractivity contribution in [2.45, 2.75) is 6.04 Å². The summed E-state index contributed by atoms with van der Waals surface area (Å²) in [6, 6.07) is 2.89. The standard InChI is InChI=1S/C11H12ClNO2/c1-4-9(13)7-5-8(12)11(15-3)10(6-7)14-2/h1,5-6,9H,13H2,2-3H3. The molecule has 1 unspecified atom stereocenters. The Bertz CT molecular complexity index is 398. The summed E-state index contributed by atoms with van der Waals surface area (Å²) in [7, 11) is 3.05. The first-order valence-electron chi connectivity index (χ1n) is 4.27. The predicted molar refractivity (Wildman–Crippen MR) is 60.3 cm³/mol. The number of benzene rings is 1. The lowest BCUT2D eigenvalue weighted by atomic mass is 10.1. The van der Waals surface area contributed by atoms with Crippen LogP contribution >= 0.6 is 11.6 Å². The van der Waals surface area contributed by atoms with Crippen LogP contribution in [0, 0.1) is 12.3 Å². The van der Waals surface area contributed by atoms with Crippen LogP contribution in [0.2, 0.25) is 5.02 Å². The molecule has 0 bridgehead atoms. The smallest absolute Gasteiger partial charge is 0.179 e. The molecule has 0 spiro atoms. The van der Waals surface area contributed by atoms with Crippen LogP contribution in [0.15, 0.2) is 12.1 Å². The van der Waals surface area contributed by atoms with Crippen LogP contribution < -0.4 is 15.2 Å². The second-order valence-electron chi connectivity index (χ2n) is 2.88. The number of hydrogen-bond donors (Lipinski definition) is 1. The van der Waals surface area contributed by atoms with Gasteiger partial charge >= 0.3 is 0 Å². The summed E-state index contributed by atoms with van der Waals surface area (Å²) >= 11 is 5.99. The Morgan fingerprint density at radius 1 is 1.40 bits per heavy atom. The molecule has 15 heavy (non-hydrogen) atoms. The van der Waals surface area contributed by atoms with Crippen molar-refractivity contribution in [1.82, 2.24) is 0 Å². The van der Waals surface area contributed by atoms with E-state index in [1.54, 1.807) is 12.1 Å². The highest BCUT2D eigenvalue weighted by Gasteiger charge is 2.13. The molecule has 1 rings (SSSR count). The minimum Gasteiger partial charge on any atom is -0.493 e. The van der Waals surface area contributed by atoms with Gasteiger partial charge in [-0.05, 0) is 17.7 Å². The van der Waals surface area contributed by atoms with E-state index < -0.39 is 6.04 Å². The Hall–Kier alpha value is -1.37. The first-order chi connectivity index (χ1) is 7.13. The highest BCUT2D eigenvalue weighted by molar-refractivity contribution is 6.32. The molecule has 2 N–H and O–H groups in total. The monoisotopic (exact) mass is 225 g/mol. The van der Waals surface area contributed by atoms with Gasteiger partial charge in [0.15, 0.2) is 11.5 Å². The maximum Gasteiger partial charge on any atom is 0.179 e. The van der Waals surface area contributed by atoms with Gasteiger partial charge in [-0.25, -0.2) is 0 Å². The molecule has 1 aromatic carbocycles. The largest absolute Gasteiger partial charge is 0.493 e. The zero-order valence-corrected chi connectivity index (χ0v) is 9.34. The Morgan fingerprint density at radius 3 is 2.53 bits per heavy atom. The fourth-order valence-corrected chi connectivity index (χ4v) is 1.51. The lowest BCUT2D eigenvalue weighted by Gasteiger charge is -2.12. The lowest BCUT2D eigenvalue weighted by molar-refractivity contribution is 0.354. The van der Waals surface area contributed by atoms with E-state index in [-0.39, 0.29) is 0 Å². The molecule has 0 amide bonds. The van der Waals surface area contributed by atoms with E-state index in [0.717, 1.165) is 5.56 Å². The van der Waals surface area contributed by atoms with Crippen LogP contribution in [-0.4, -0.2) is 14.2 Å². The number of nitrogens with two attached hydrogens (primary N) is 1. The fraction of sp³-hybridized carbons (Fsp3) is 0.273. The summed E-state index contributed by atoms with van der Waals surface area (Å²) in [6.45, 7) is 0. The second kappa shape index (κ2) is 4.92. The fourth-order valence-electron chi connectivity index (χ4n) is 1.21. The van der Waals surface area contributed by atoms with Crippen molar-refractivity contribution in [2.75, 3.05) is 14.2 Å². The number of hydrogen-bond acceptors (Lipinski definition) is 3. The van der Waals surface area contributed by atoms with Gasteiger partial charge in [-0.15, -0.1) is 6.42 Å². The van der Waals surface area contributed by atoms with Gasteiger partial charge in [0.1, 0.15) is 0 Å². The predicted octanol–water partition coefficient (Wildman–Crippen LogP) is 1.99. The number of terminal acetylenes is 1. The third-order valence-electron chi connectivity index (χ3n) is 1.99. The maximum atomic E-state index is 5.99. The molecular formula is C11H12ClNO2. The van der Waals surface area contributed by atoms with Gasteiger partial charge in [-0.3, -0.25) is 0 Å². The molecule has 0 fully saturated rings. The molecule has 0 aromatic heterocycles. The van der Waals surface area contributed by atoms with E-state index in [9.17, 15) is 0 Å². The quantitative estimate of drug-likeness (QED) is 0.801. The summed E-state index contributed by atoms with van der Waals surface area (Å²) < 4.78 is 10.2. The third kappa shape index (κ3) is 2.35. The van der Waals surface area contributed by atoms with Crippen molar-refractivity contribution in [3.8, 4) is 23.8 Å². The highest BCUT2D eigenvalue weighted by atomic mass is 35.5. The van der Waals surface area contributed by atoms with Gasteiger partial charge in [-0.1, -0.05) is 17.5 Å². The van der Waals surface area contributed by atoms with E-state index in [1.807, 2.05) is 0 Å². The van der Waals surface area contributed by atoms with E-state index in [0.29, 0.717) is 16.5 Å². The summed E-state index contributed by atoms with van der Waals surface area (Å²) in [5, 5.41) is 0.428. The molecule has 0 aliphatic carbocycles. The maximum absolute atomic E-state index is 5.99. The van der Waals surface area contributed by atoms with Gasteiger partial charge < -0.3 is 15.2 Å². The van der Waals surface area contributed by atoms with Crippen LogP contribution in [0.25, 0.3) is 0 Å². The summed E-state index contributed by atoms with van der Waals surface area (Å²) in [5.41, 5.74) is 6.41. The molecule has 1 atom stereocenters. The Balaban J connectivity index is 3.26. The van der Waals surface area contributed by atoms with Crippen LogP contribution in [0.4, 0.5) is 0 Å². The highest BCUT2D eigenvalue weighted by Crippen LogP contribution is 2.37. The summed E-state index contributed by atoms with van der Waals surface area (Å²) in [6.07, 6.45) is 5.23. The molecule has 0 saturated carbocycles. The molecule has 4 heteroatoms. The average molecular weight is 226 g/mol. The van der Waals surface area contributed by atoms with Crippen LogP contribution in [0.1, 0.15) is 11.6 Å². The molecule has 0 saturated heterocycles. The topological polar surface area (TPSA) is 44.5 Å². The van der Waals surface area contributed by atoms with Crippen molar-refractivity contribution in [2.24, 2.45) is 5.73 Å². The van der Waals surface area contributed by atoms with Crippen molar-refractivity contribution < 1.29 is 9.47 Å². The second-order valence-corrected chi connectivity index (χ2v) is 3.29. The normalized spacial score (nSPS) is 11.7. The van der Waals surface area contributed by atoms with Crippen molar-refractivity contribution >= 4 is 11.6 Å². The van der Waals surface area contributed by atoms with Gasteiger partial charge in [0.25, 0.3) is 0 Å². The van der Waals surface area contributed by atoms with E-state index >= 15 is 0 Å². The molecule has 1 aromatic rings. The van der Waals surface area contributed by atoms with Crippen LogP contribution in [-0.2, 0) is 0 Å². The van der Waals surface area contributed by atoms with Crippen LogP contribution in [0.5, 0.6) is 11.5 Å². The van der Waals surface area contributed by atoms with Gasteiger partial charge in [0, 0.05) is 0 Å². The van der Waals surface area contributed by atoms with E-state index in [2.05, 4.69) is 5.92 Å². The number of halogens is 1. The third-order valence-corrected chi connectivity index (χ3v) is 2.28. The van der Waals surface area contributed by atoms with Crippen molar-refractivity contribution in [3.63, 3.8) is 0 Å². The number of ether oxygens (including phenoxy) is 2. The molecule has 3 nitrogen and oxygen atoms in total. The summed E-state index contributed by atoms with van der Waals surface area (Å²) in [4.78, 5) is 0. The zero-order valence-electron chi connectivity index (χ0n) is 8.58. The Kier molecular flexibility index (Phi) is 3.84. The zero-order chi connectivity index (χ0) is 11.4. The van der Waals surface area contributed by atoms with E-state index in [1.165, 1.54) is 14.2 Å². The van der Waals surface area contributed by atoms with Crippen molar-refractivity contribution in [1.29, 1.82) is 0 Å². The van der Waals surface area contributed by atoms with Gasteiger partial charge in [0.05, 0.1) is 25.3 Å². The lowest BCUT2D eigenvalue weighted by Crippen LogP contribution is -2.07. The molecule has 0 heterocycles. The van der Waals surface area contributed by atoms with Crippen molar-refractivity contribution in [3.05, 3.63) is 22.7 Å². The molecule has 0 aliphatic heterocycles. The van der Waals surface area contributed by atoms with Gasteiger partial charge in [0.2, 0.25) is 0 Å². The average Bonchev–Trinajstić information content (AvgIpc) is 2.26. The molecule has 80 valence electrons. The van der Waals surface area contributed by atoms with Gasteiger partial charge in [-0.2, -0.15) is 0 Å².